The quantitative estimate of drug-likeness (QED) is 0.543. The second-order valence-electron chi connectivity index (χ2n) is 4.81. The molecule has 1 nitrogen and oxygen atoms in total. The van der Waals surface area contributed by atoms with E-state index in [1.165, 1.54) is 16.7 Å². The van der Waals surface area contributed by atoms with E-state index in [1.54, 1.807) is 13.0 Å². The van der Waals surface area contributed by atoms with E-state index >= 15 is 0 Å². The zero-order valence-corrected chi connectivity index (χ0v) is 13.0. The fraction of sp³-hybridized carbons (Fsp3) is 0.150. The van der Waals surface area contributed by atoms with Crippen molar-refractivity contribution < 1.29 is 4.79 Å². The topological polar surface area (TPSA) is 17.1 Å². The summed E-state index contributed by atoms with van der Waals surface area (Å²) in [5, 5.41) is 0. The van der Waals surface area contributed by atoms with E-state index in [0.717, 1.165) is 5.56 Å². The molecule has 21 heavy (non-hydrogen) atoms. The molecule has 0 aliphatic carbocycles. The van der Waals surface area contributed by atoms with Crippen LogP contribution in [0.15, 0.2) is 67.3 Å². The molecular weight excluding hydrogens is 256 g/mol. The third-order valence-electron chi connectivity index (χ3n) is 3.24. The monoisotopic (exact) mass is 278 g/mol. The summed E-state index contributed by atoms with van der Waals surface area (Å²) in [6.07, 6.45) is 5.83. The first-order valence-corrected chi connectivity index (χ1v) is 6.97. The van der Waals surface area contributed by atoms with Crippen molar-refractivity contribution in [3.8, 4) is 0 Å². The van der Waals surface area contributed by atoms with E-state index in [4.69, 9.17) is 0 Å². The van der Waals surface area contributed by atoms with Crippen LogP contribution < -0.4 is 0 Å². The highest BCUT2D eigenvalue weighted by atomic mass is 16.1. The maximum Gasteiger partial charge on any atom is 0.159 e. The number of allylic oxidation sites excluding steroid dienone is 2. The van der Waals surface area contributed by atoms with Crippen molar-refractivity contribution in [1.82, 2.24) is 0 Å². The average molecular weight is 278 g/mol. The minimum absolute atomic E-state index is 0.121. The van der Waals surface area contributed by atoms with Crippen LogP contribution in [0.2, 0.25) is 0 Å². The first-order chi connectivity index (χ1) is 10.1. The maximum atomic E-state index is 10.6. The highest BCUT2D eigenvalue weighted by Crippen LogP contribution is 2.13. The number of ketones is 1. The van der Waals surface area contributed by atoms with Gasteiger partial charge in [-0.15, -0.1) is 0 Å². The van der Waals surface area contributed by atoms with E-state index in [-0.39, 0.29) is 5.78 Å². The molecule has 0 aliphatic heterocycles. The smallest absolute Gasteiger partial charge is 0.159 e. The third kappa shape index (κ3) is 5.62. The molecule has 0 spiro atoms. The molecule has 0 saturated carbocycles. The van der Waals surface area contributed by atoms with Gasteiger partial charge in [-0.2, -0.15) is 0 Å². The molecular formula is C20H22O. The van der Waals surface area contributed by atoms with Crippen molar-refractivity contribution in [2.24, 2.45) is 0 Å². The predicted octanol–water partition coefficient (Wildman–Crippen LogP) is 5.39. The van der Waals surface area contributed by atoms with Gasteiger partial charge in [-0.1, -0.05) is 73.3 Å². The van der Waals surface area contributed by atoms with Crippen LogP contribution in [-0.4, -0.2) is 5.78 Å². The van der Waals surface area contributed by atoms with Gasteiger partial charge in [-0.05, 0) is 37.5 Å². The summed E-state index contributed by atoms with van der Waals surface area (Å²) in [4.78, 5) is 10.6. The van der Waals surface area contributed by atoms with Crippen LogP contribution in [0.5, 0.6) is 0 Å². The SMILES string of the molecule is C=C/C=C\c1cccc(C)c1C.CC(=O)c1ccccc1. The first-order valence-electron chi connectivity index (χ1n) is 6.97. The number of aryl methyl sites for hydroxylation is 1. The molecule has 108 valence electrons. The molecule has 0 aromatic heterocycles. The molecule has 1 heteroatoms. The van der Waals surface area contributed by atoms with Crippen molar-refractivity contribution in [3.63, 3.8) is 0 Å². The predicted molar refractivity (Wildman–Crippen MR) is 91.6 cm³/mol. The zero-order valence-electron chi connectivity index (χ0n) is 13.0. The number of carbonyl (C=O) groups is 1. The van der Waals surface area contributed by atoms with Crippen LogP contribution in [0.25, 0.3) is 6.08 Å². The fourth-order valence-corrected chi connectivity index (χ4v) is 1.80. The molecule has 2 aromatic carbocycles. The lowest BCUT2D eigenvalue weighted by atomic mass is 10.0. The molecule has 0 fully saturated rings. The van der Waals surface area contributed by atoms with E-state index < -0.39 is 0 Å². The maximum absolute atomic E-state index is 10.6. The van der Waals surface area contributed by atoms with Gasteiger partial charge in [0, 0.05) is 5.56 Å². The number of hydrogen-bond donors (Lipinski definition) is 0. The Balaban J connectivity index is 0.000000219. The zero-order chi connectivity index (χ0) is 15.7. The number of rotatable bonds is 3. The van der Waals surface area contributed by atoms with Crippen molar-refractivity contribution in [1.29, 1.82) is 0 Å². The Morgan fingerprint density at radius 2 is 1.67 bits per heavy atom. The Bertz CT molecular complexity index is 622. The first kappa shape index (κ1) is 16.6. The summed E-state index contributed by atoms with van der Waals surface area (Å²) >= 11 is 0. The van der Waals surface area contributed by atoms with Crippen LogP contribution >= 0.6 is 0 Å². The number of Topliss-reactive ketones (excluding diaryl/α,β-unsaturated/α-hetero) is 1. The van der Waals surface area contributed by atoms with E-state index in [2.05, 4.69) is 44.7 Å². The lowest BCUT2D eigenvalue weighted by Gasteiger charge is -2.02. The molecule has 2 rings (SSSR count). The summed E-state index contributed by atoms with van der Waals surface area (Å²) < 4.78 is 0. The molecule has 0 bridgehead atoms. The summed E-state index contributed by atoms with van der Waals surface area (Å²) in [5.74, 6) is 0.121. The highest BCUT2D eigenvalue weighted by Gasteiger charge is 1.95. The standard InChI is InChI=1S/C12H14.C8H8O/c1-4-5-8-12-9-6-7-10(2)11(12)3;1-7(9)8-5-3-2-4-6-8/h4-9H,1H2,2-3H3;2-6H,1H3/b8-5-;. The van der Waals surface area contributed by atoms with Crippen molar-refractivity contribution >= 4 is 11.9 Å². The Morgan fingerprint density at radius 1 is 1.00 bits per heavy atom. The van der Waals surface area contributed by atoms with Gasteiger partial charge in [-0.3, -0.25) is 4.79 Å². The molecule has 2 aromatic rings. The third-order valence-corrected chi connectivity index (χ3v) is 3.24. The largest absolute Gasteiger partial charge is 0.295 e. The van der Waals surface area contributed by atoms with Gasteiger partial charge in [0.1, 0.15) is 0 Å². The average Bonchev–Trinajstić information content (AvgIpc) is 2.50. The van der Waals surface area contributed by atoms with Crippen LogP contribution in [0.4, 0.5) is 0 Å². The minimum Gasteiger partial charge on any atom is -0.295 e. The number of hydrogen-bond acceptors (Lipinski definition) is 1. The molecule has 0 amide bonds. The Labute approximate surface area is 127 Å². The Hall–Kier alpha value is -2.41. The summed E-state index contributed by atoms with van der Waals surface area (Å²) in [5.41, 5.74) is 4.73. The van der Waals surface area contributed by atoms with E-state index in [9.17, 15) is 4.79 Å². The Morgan fingerprint density at radius 3 is 2.19 bits per heavy atom. The summed E-state index contributed by atoms with van der Waals surface area (Å²) in [6, 6.07) is 15.5. The molecule has 0 N–H and O–H groups in total. The second kappa shape index (κ2) is 8.70. The Kier molecular flexibility index (Phi) is 6.90. The van der Waals surface area contributed by atoms with E-state index in [0.29, 0.717) is 0 Å². The fourth-order valence-electron chi connectivity index (χ4n) is 1.80. The van der Waals surface area contributed by atoms with Gasteiger partial charge >= 0.3 is 0 Å². The normalized spacial score (nSPS) is 9.86. The lowest BCUT2D eigenvalue weighted by molar-refractivity contribution is 0.101. The van der Waals surface area contributed by atoms with Gasteiger partial charge in [0.2, 0.25) is 0 Å². The number of carbonyl (C=O) groups excluding carboxylic acids is 1. The number of benzene rings is 2. The van der Waals surface area contributed by atoms with Gasteiger partial charge in [0.25, 0.3) is 0 Å². The summed E-state index contributed by atoms with van der Waals surface area (Å²) in [6.45, 7) is 9.47. The molecule has 0 atom stereocenters. The van der Waals surface area contributed by atoms with Crippen LogP contribution in [0.3, 0.4) is 0 Å². The highest BCUT2D eigenvalue weighted by molar-refractivity contribution is 5.93. The van der Waals surface area contributed by atoms with Gasteiger partial charge in [-0.25, -0.2) is 0 Å². The summed E-state index contributed by atoms with van der Waals surface area (Å²) in [7, 11) is 0. The van der Waals surface area contributed by atoms with Gasteiger partial charge in [0.15, 0.2) is 5.78 Å². The minimum atomic E-state index is 0.121. The van der Waals surface area contributed by atoms with Crippen LogP contribution in [0.1, 0.15) is 34.0 Å². The van der Waals surface area contributed by atoms with E-state index in [1.807, 2.05) is 36.4 Å². The molecule has 0 radical (unpaired) electrons. The second-order valence-corrected chi connectivity index (χ2v) is 4.81. The molecule has 0 aliphatic rings. The molecule has 0 heterocycles. The van der Waals surface area contributed by atoms with Crippen LogP contribution in [0, 0.1) is 13.8 Å². The van der Waals surface area contributed by atoms with Gasteiger partial charge < -0.3 is 0 Å². The van der Waals surface area contributed by atoms with Gasteiger partial charge in [0.05, 0.1) is 0 Å². The molecule has 0 saturated heterocycles. The van der Waals surface area contributed by atoms with Crippen LogP contribution in [-0.2, 0) is 0 Å². The van der Waals surface area contributed by atoms with Crippen molar-refractivity contribution in [3.05, 3.63) is 89.5 Å². The van der Waals surface area contributed by atoms with Crippen molar-refractivity contribution in [2.75, 3.05) is 0 Å². The molecule has 0 unspecified atom stereocenters. The lowest BCUT2D eigenvalue weighted by Crippen LogP contribution is -1.88. The van der Waals surface area contributed by atoms with Crippen molar-refractivity contribution in [2.45, 2.75) is 20.8 Å².